The normalized spacial score (nSPS) is 13.9. The lowest BCUT2D eigenvalue weighted by molar-refractivity contribution is -0.140. The monoisotopic (exact) mass is 490 g/mol. The van der Waals surface area contributed by atoms with Crippen LogP contribution in [0.2, 0.25) is 0 Å². The summed E-state index contributed by atoms with van der Waals surface area (Å²) in [4.78, 5) is 16.9. The fourth-order valence-electron chi connectivity index (χ4n) is 6.24. The van der Waals surface area contributed by atoms with Crippen LogP contribution in [0, 0.1) is 6.92 Å². The van der Waals surface area contributed by atoms with Crippen LogP contribution in [-0.2, 0) is 15.0 Å². The van der Waals surface area contributed by atoms with Crippen LogP contribution < -0.4 is 5.73 Å². The molecule has 0 saturated carbocycles. The number of carbonyl (C=O) groups is 1. The van der Waals surface area contributed by atoms with Gasteiger partial charge >= 0.3 is 5.97 Å². The van der Waals surface area contributed by atoms with E-state index in [9.17, 15) is 4.79 Å². The zero-order chi connectivity index (χ0) is 26.2. The van der Waals surface area contributed by atoms with E-state index in [2.05, 4.69) is 80.5 Å². The van der Waals surface area contributed by atoms with Crippen molar-refractivity contribution < 1.29 is 9.63 Å². The number of hydrogen-bond donors (Lipinski definition) is 1. The summed E-state index contributed by atoms with van der Waals surface area (Å²) in [6.07, 6.45) is 4.18. The number of nitrogens with zero attached hydrogens (tertiary/aromatic N) is 1. The van der Waals surface area contributed by atoms with Crippen LogP contribution in [0.4, 0.5) is 5.69 Å². The van der Waals surface area contributed by atoms with Gasteiger partial charge in [-0.3, -0.25) is 0 Å². The summed E-state index contributed by atoms with van der Waals surface area (Å²) in [7, 11) is 0. The zero-order valence-electron chi connectivity index (χ0n) is 22.1. The van der Waals surface area contributed by atoms with Gasteiger partial charge in [-0.2, -0.15) is 0 Å². The Kier molecular flexibility index (Phi) is 6.59. The highest BCUT2D eigenvalue weighted by Crippen LogP contribution is 2.56. The predicted molar refractivity (Wildman–Crippen MR) is 153 cm³/mol. The highest BCUT2D eigenvalue weighted by atomic mass is 16.7. The van der Waals surface area contributed by atoms with Gasteiger partial charge in [-0.05, 0) is 65.1 Å². The maximum absolute atomic E-state index is 11.7. The van der Waals surface area contributed by atoms with Gasteiger partial charge < -0.3 is 10.6 Å². The van der Waals surface area contributed by atoms with Gasteiger partial charge in [0.05, 0.1) is 0 Å². The smallest absolute Gasteiger partial charge is 0.332 e. The molecule has 2 N–H and O–H groups in total. The third-order valence-electron chi connectivity index (χ3n) is 7.69. The van der Waals surface area contributed by atoms with E-state index in [1.165, 1.54) is 34.6 Å². The van der Waals surface area contributed by atoms with Crippen molar-refractivity contribution in [3.05, 3.63) is 101 Å². The van der Waals surface area contributed by atoms with Gasteiger partial charge in [0.25, 0.3) is 0 Å². The van der Waals surface area contributed by atoms with E-state index in [0.29, 0.717) is 5.71 Å². The first-order chi connectivity index (χ1) is 17.9. The molecule has 4 nitrogen and oxygen atoms in total. The highest BCUT2D eigenvalue weighted by Gasteiger charge is 2.43. The second-order valence-electron chi connectivity index (χ2n) is 10.1. The molecule has 4 aromatic carbocycles. The third-order valence-corrected chi connectivity index (χ3v) is 7.69. The minimum atomic E-state index is -0.437. The Morgan fingerprint density at radius 1 is 0.892 bits per heavy atom. The average Bonchev–Trinajstić information content (AvgIpc) is 3.14. The first-order valence-corrected chi connectivity index (χ1v) is 13.2. The molecule has 0 spiro atoms. The number of carbonyl (C=O) groups excluding carboxylic acids is 1. The van der Waals surface area contributed by atoms with Crippen molar-refractivity contribution in [1.82, 2.24) is 0 Å². The van der Waals surface area contributed by atoms with Crippen molar-refractivity contribution in [2.75, 3.05) is 5.73 Å². The summed E-state index contributed by atoms with van der Waals surface area (Å²) in [5, 5.41) is 6.65. The zero-order valence-corrected chi connectivity index (χ0v) is 22.1. The molecule has 4 aromatic rings. The van der Waals surface area contributed by atoms with Crippen LogP contribution in [0.15, 0.2) is 78.0 Å². The van der Waals surface area contributed by atoms with E-state index in [1.54, 1.807) is 0 Å². The first kappa shape index (κ1) is 24.8. The number of nitrogen functional groups attached to an aromatic ring is 1. The first-order valence-electron chi connectivity index (χ1n) is 13.2. The number of aryl methyl sites for hydroxylation is 1. The van der Waals surface area contributed by atoms with E-state index in [-0.39, 0.29) is 5.41 Å². The van der Waals surface area contributed by atoms with Crippen LogP contribution in [0.1, 0.15) is 74.3 Å². The molecule has 0 aliphatic heterocycles. The largest absolute Gasteiger partial charge is 0.398 e. The van der Waals surface area contributed by atoms with Gasteiger partial charge in [-0.15, -0.1) is 0 Å². The number of nitrogens with two attached hydrogens (primary N) is 1. The Hall–Kier alpha value is -3.92. The predicted octanol–water partition coefficient (Wildman–Crippen LogP) is 7.91. The number of rotatable bonds is 7. The number of fused-ring (bicyclic) bond motifs is 5. The van der Waals surface area contributed by atoms with Crippen molar-refractivity contribution >= 4 is 28.1 Å². The number of benzene rings is 4. The molecular weight excluding hydrogens is 456 g/mol. The molecule has 188 valence electrons. The van der Waals surface area contributed by atoms with Gasteiger partial charge in [-0.1, -0.05) is 92.5 Å². The van der Waals surface area contributed by atoms with Gasteiger partial charge in [0, 0.05) is 34.5 Å². The topological polar surface area (TPSA) is 64.7 Å². The number of anilines is 1. The van der Waals surface area contributed by atoms with Crippen LogP contribution in [-0.4, -0.2) is 11.7 Å². The van der Waals surface area contributed by atoms with E-state index in [4.69, 9.17) is 10.6 Å². The van der Waals surface area contributed by atoms with E-state index >= 15 is 0 Å². The van der Waals surface area contributed by atoms with Crippen LogP contribution >= 0.6 is 0 Å². The summed E-state index contributed by atoms with van der Waals surface area (Å²) in [6.45, 7) is 7.94. The van der Waals surface area contributed by atoms with Crippen LogP contribution in [0.5, 0.6) is 0 Å². The summed E-state index contributed by atoms with van der Waals surface area (Å²) >= 11 is 0. The molecule has 1 aliphatic rings. The molecule has 4 heteroatoms. The minimum absolute atomic E-state index is 0.138. The summed E-state index contributed by atoms with van der Waals surface area (Å²) in [5.74, 6) is -0.437. The van der Waals surface area contributed by atoms with Crippen molar-refractivity contribution in [3.63, 3.8) is 0 Å². The van der Waals surface area contributed by atoms with Crippen molar-refractivity contribution in [2.45, 2.75) is 58.8 Å². The minimum Gasteiger partial charge on any atom is -0.398 e. The van der Waals surface area contributed by atoms with Crippen molar-refractivity contribution in [1.29, 1.82) is 0 Å². The standard InChI is InChI=1S/C33H34N2O2/c1-5-17-33(18-6-2)28-19-23(32(35-37-22(4)36)24-12-8-7-11-21(24)3)15-16-27(28)31-26-14-10-9-13-25(26)30(34)20-29(31)33/h7-16,19-20H,5-6,17-18,34H2,1-4H3/b35-32+. The van der Waals surface area contributed by atoms with Crippen molar-refractivity contribution in [3.8, 4) is 11.1 Å². The Bertz CT molecular complexity index is 1530. The lowest BCUT2D eigenvalue weighted by Crippen LogP contribution is -2.25. The Morgan fingerprint density at radius 2 is 1.57 bits per heavy atom. The number of oxime groups is 1. The maximum Gasteiger partial charge on any atom is 0.332 e. The fourth-order valence-corrected chi connectivity index (χ4v) is 6.24. The number of hydrogen-bond acceptors (Lipinski definition) is 4. The van der Waals surface area contributed by atoms with E-state index in [0.717, 1.165) is 53.4 Å². The lowest BCUT2D eigenvalue weighted by Gasteiger charge is -2.32. The van der Waals surface area contributed by atoms with Gasteiger partial charge in [0.1, 0.15) is 5.71 Å². The Balaban J connectivity index is 1.81. The van der Waals surface area contributed by atoms with Crippen LogP contribution in [0.3, 0.4) is 0 Å². The molecule has 37 heavy (non-hydrogen) atoms. The molecule has 0 heterocycles. The SMILES string of the molecule is CCCC1(CCC)c2cc(/C(=N\OC(C)=O)c3ccccc3C)ccc2-c2c1cc(N)c1ccccc21. The maximum atomic E-state index is 11.7. The molecule has 0 aromatic heterocycles. The fraction of sp³-hybridized carbons (Fsp3) is 0.273. The molecular formula is C33H34N2O2. The lowest BCUT2D eigenvalue weighted by atomic mass is 9.71. The Morgan fingerprint density at radius 3 is 2.24 bits per heavy atom. The van der Waals surface area contributed by atoms with E-state index < -0.39 is 5.97 Å². The van der Waals surface area contributed by atoms with Gasteiger partial charge in [0.15, 0.2) is 0 Å². The summed E-state index contributed by atoms with van der Waals surface area (Å²) in [6, 6.07) is 25.3. The molecule has 0 atom stereocenters. The van der Waals surface area contributed by atoms with Crippen molar-refractivity contribution in [2.24, 2.45) is 5.16 Å². The second kappa shape index (κ2) is 9.85. The third kappa shape index (κ3) is 4.11. The summed E-state index contributed by atoms with van der Waals surface area (Å²) in [5.41, 5.74) is 16.2. The van der Waals surface area contributed by atoms with Gasteiger partial charge in [0.2, 0.25) is 0 Å². The second-order valence-corrected chi connectivity index (χ2v) is 10.1. The molecule has 0 fully saturated rings. The molecule has 1 aliphatic carbocycles. The molecule has 0 saturated heterocycles. The van der Waals surface area contributed by atoms with Gasteiger partial charge in [-0.25, -0.2) is 4.79 Å². The average molecular weight is 491 g/mol. The van der Waals surface area contributed by atoms with E-state index in [1.807, 2.05) is 18.2 Å². The molecule has 5 rings (SSSR count). The highest BCUT2D eigenvalue weighted by molar-refractivity contribution is 6.15. The molecule has 0 unspecified atom stereocenters. The quantitative estimate of drug-likeness (QED) is 0.124. The molecule has 0 amide bonds. The summed E-state index contributed by atoms with van der Waals surface area (Å²) < 4.78 is 0. The molecule has 0 radical (unpaired) electrons. The van der Waals surface area contributed by atoms with Crippen LogP contribution in [0.25, 0.3) is 21.9 Å². The molecule has 0 bridgehead atoms. The Labute approximate surface area is 219 Å².